The lowest BCUT2D eigenvalue weighted by Crippen LogP contribution is -2.27. The van der Waals surface area contributed by atoms with E-state index in [2.05, 4.69) is 32.8 Å². The Balaban J connectivity index is 3.27. The van der Waals surface area contributed by atoms with Crippen LogP contribution in [0, 0.1) is 0 Å². The van der Waals surface area contributed by atoms with Crippen LogP contribution in [0.1, 0.15) is 90.9 Å². The molecule has 1 atom stereocenters. The summed E-state index contributed by atoms with van der Waals surface area (Å²) < 4.78 is 0. The summed E-state index contributed by atoms with van der Waals surface area (Å²) in [4.78, 5) is 2.41. The van der Waals surface area contributed by atoms with Crippen molar-refractivity contribution in [2.45, 2.75) is 96.9 Å². The predicted molar refractivity (Wildman–Crippen MR) is 84.2 cm³/mol. The average molecular weight is 255 g/mol. The Morgan fingerprint density at radius 2 is 1.11 bits per heavy atom. The zero-order chi connectivity index (χ0) is 13.6. The standard InChI is InChI=1S/C17H37N/c1-5-7-8-9-10-11-12-13-14-16-17(15-6-2)18(3)4/h17H,5-16H2,1-4H3. The lowest BCUT2D eigenvalue weighted by atomic mass is 10.0. The maximum Gasteiger partial charge on any atom is 0.00890 e. The van der Waals surface area contributed by atoms with E-state index >= 15 is 0 Å². The molecule has 0 aliphatic rings. The lowest BCUT2D eigenvalue weighted by molar-refractivity contribution is 0.256. The second kappa shape index (κ2) is 13.4. The Labute approximate surface area is 116 Å². The first-order chi connectivity index (χ1) is 8.72. The van der Waals surface area contributed by atoms with Crippen LogP contribution in [0.2, 0.25) is 0 Å². The predicted octanol–water partition coefficient (Wildman–Crippen LogP) is 5.64. The van der Waals surface area contributed by atoms with Gasteiger partial charge in [-0.15, -0.1) is 0 Å². The molecule has 0 heterocycles. The van der Waals surface area contributed by atoms with E-state index < -0.39 is 0 Å². The van der Waals surface area contributed by atoms with Gasteiger partial charge in [0, 0.05) is 6.04 Å². The first-order valence-corrected chi connectivity index (χ1v) is 8.38. The molecule has 0 spiro atoms. The zero-order valence-electron chi connectivity index (χ0n) is 13.5. The molecule has 0 rings (SSSR count). The van der Waals surface area contributed by atoms with Gasteiger partial charge in [-0.1, -0.05) is 78.1 Å². The molecule has 0 aliphatic carbocycles. The van der Waals surface area contributed by atoms with Crippen molar-refractivity contribution >= 4 is 0 Å². The lowest BCUT2D eigenvalue weighted by Gasteiger charge is -2.23. The summed E-state index contributed by atoms with van der Waals surface area (Å²) >= 11 is 0. The smallest absolute Gasteiger partial charge is 0.00890 e. The van der Waals surface area contributed by atoms with Crippen LogP contribution in [0.25, 0.3) is 0 Å². The summed E-state index contributed by atoms with van der Waals surface area (Å²) in [6.07, 6.45) is 17.1. The topological polar surface area (TPSA) is 3.24 Å². The average Bonchev–Trinajstić information content (AvgIpc) is 2.35. The Bertz CT molecular complexity index is 154. The van der Waals surface area contributed by atoms with Gasteiger partial charge < -0.3 is 4.90 Å². The van der Waals surface area contributed by atoms with E-state index in [9.17, 15) is 0 Å². The molecule has 1 nitrogen and oxygen atoms in total. The first-order valence-electron chi connectivity index (χ1n) is 8.38. The highest BCUT2D eigenvalue weighted by molar-refractivity contribution is 4.65. The van der Waals surface area contributed by atoms with Gasteiger partial charge in [-0.25, -0.2) is 0 Å². The van der Waals surface area contributed by atoms with Gasteiger partial charge in [-0.3, -0.25) is 0 Å². The van der Waals surface area contributed by atoms with Crippen molar-refractivity contribution in [3.8, 4) is 0 Å². The maximum atomic E-state index is 2.41. The van der Waals surface area contributed by atoms with Gasteiger partial charge in [0.1, 0.15) is 0 Å². The van der Waals surface area contributed by atoms with Crippen LogP contribution in [0.5, 0.6) is 0 Å². The third-order valence-electron chi connectivity index (χ3n) is 3.99. The third-order valence-corrected chi connectivity index (χ3v) is 3.99. The van der Waals surface area contributed by atoms with Crippen molar-refractivity contribution in [1.82, 2.24) is 4.90 Å². The van der Waals surface area contributed by atoms with Crippen LogP contribution in [0.4, 0.5) is 0 Å². The minimum Gasteiger partial charge on any atom is -0.306 e. The fourth-order valence-corrected chi connectivity index (χ4v) is 2.68. The molecule has 0 radical (unpaired) electrons. The van der Waals surface area contributed by atoms with Crippen molar-refractivity contribution in [2.75, 3.05) is 14.1 Å². The molecule has 1 unspecified atom stereocenters. The third kappa shape index (κ3) is 11.1. The highest BCUT2D eigenvalue weighted by Crippen LogP contribution is 2.15. The SMILES string of the molecule is CCCCCCCCCCCC(CCC)N(C)C. The highest BCUT2D eigenvalue weighted by Gasteiger charge is 2.08. The van der Waals surface area contributed by atoms with E-state index in [4.69, 9.17) is 0 Å². The van der Waals surface area contributed by atoms with Crippen LogP contribution in [0.3, 0.4) is 0 Å². The summed E-state index contributed by atoms with van der Waals surface area (Å²) in [5.74, 6) is 0. The molecule has 0 bridgehead atoms. The molecular formula is C17H37N. The van der Waals surface area contributed by atoms with Crippen LogP contribution < -0.4 is 0 Å². The summed E-state index contributed by atoms with van der Waals surface area (Å²) in [6.45, 7) is 4.59. The Hall–Kier alpha value is -0.0400. The van der Waals surface area contributed by atoms with Gasteiger partial charge >= 0.3 is 0 Å². The molecule has 0 aliphatic heterocycles. The molecular weight excluding hydrogens is 218 g/mol. The van der Waals surface area contributed by atoms with Crippen molar-refractivity contribution in [3.63, 3.8) is 0 Å². The van der Waals surface area contributed by atoms with Gasteiger partial charge in [-0.05, 0) is 26.9 Å². The number of rotatable bonds is 13. The summed E-state index contributed by atoms with van der Waals surface area (Å²) in [5.41, 5.74) is 0. The minimum absolute atomic E-state index is 0.819. The summed E-state index contributed by atoms with van der Waals surface area (Å²) in [7, 11) is 4.46. The molecule has 0 saturated heterocycles. The van der Waals surface area contributed by atoms with Crippen LogP contribution >= 0.6 is 0 Å². The molecule has 0 aromatic carbocycles. The van der Waals surface area contributed by atoms with Gasteiger partial charge in [0.15, 0.2) is 0 Å². The molecule has 1 heteroatoms. The van der Waals surface area contributed by atoms with Crippen molar-refractivity contribution in [1.29, 1.82) is 0 Å². The quantitative estimate of drug-likeness (QED) is 0.385. The summed E-state index contributed by atoms with van der Waals surface area (Å²) in [5, 5.41) is 0. The second-order valence-electron chi connectivity index (χ2n) is 6.02. The van der Waals surface area contributed by atoms with Crippen molar-refractivity contribution in [3.05, 3.63) is 0 Å². The van der Waals surface area contributed by atoms with Crippen LogP contribution in [-0.4, -0.2) is 25.0 Å². The number of unbranched alkanes of at least 4 members (excludes halogenated alkanes) is 8. The molecule has 0 aromatic heterocycles. The van der Waals surface area contributed by atoms with Gasteiger partial charge in [0.25, 0.3) is 0 Å². The van der Waals surface area contributed by atoms with E-state index in [-0.39, 0.29) is 0 Å². The Morgan fingerprint density at radius 1 is 0.611 bits per heavy atom. The maximum absolute atomic E-state index is 2.41. The second-order valence-corrected chi connectivity index (χ2v) is 6.02. The van der Waals surface area contributed by atoms with Gasteiger partial charge in [0.05, 0.1) is 0 Å². The minimum atomic E-state index is 0.819. The fourth-order valence-electron chi connectivity index (χ4n) is 2.68. The zero-order valence-corrected chi connectivity index (χ0v) is 13.5. The molecule has 0 aromatic rings. The molecule has 110 valence electrons. The van der Waals surface area contributed by atoms with Gasteiger partial charge in [-0.2, -0.15) is 0 Å². The number of hydrogen-bond acceptors (Lipinski definition) is 1. The van der Waals surface area contributed by atoms with Gasteiger partial charge in [0.2, 0.25) is 0 Å². The van der Waals surface area contributed by atoms with Crippen molar-refractivity contribution in [2.24, 2.45) is 0 Å². The van der Waals surface area contributed by atoms with E-state index in [1.54, 1.807) is 0 Å². The Kier molecular flexibility index (Phi) is 13.4. The molecule has 0 amide bonds. The largest absolute Gasteiger partial charge is 0.306 e. The molecule has 0 N–H and O–H groups in total. The van der Waals surface area contributed by atoms with Crippen molar-refractivity contribution < 1.29 is 0 Å². The Morgan fingerprint density at radius 3 is 1.56 bits per heavy atom. The molecule has 0 fully saturated rings. The van der Waals surface area contributed by atoms with Crippen LogP contribution in [-0.2, 0) is 0 Å². The van der Waals surface area contributed by atoms with E-state index in [0.29, 0.717) is 0 Å². The first kappa shape index (κ1) is 18.0. The number of hydrogen-bond donors (Lipinski definition) is 0. The molecule has 0 saturated carbocycles. The van der Waals surface area contributed by atoms with Crippen LogP contribution in [0.15, 0.2) is 0 Å². The fraction of sp³-hybridized carbons (Fsp3) is 1.00. The summed E-state index contributed by atoms with van der Waals surface area (Å²) in [6, 6.07) is 0.819. The normalized spacial score (nSPS) is 13.2. The van der Waals surface area contributed by atoms with E-state index in [1.165, 1.54) is 77.0 Å². The highest BCUT2D eigenvalue weighted by atomic mass is 15.1. The number of nitrogens with zero attached hydrogens (tertiary/aromatic N) is 1. The van der Waals surface area contributed by atoms with E-state index in [1.807, 2.05) is 0 Å². The monoisotopic (exact) mass is 255 g/mol. The van der Waals surface area contributed by atoms with E-state index in [0.717, 1.165) is 6.04 Å². The molecule has 18 heavy (non-hydrogen) atoms.